The second-order valence-corrected chi connectivity index (χ2v) is 8.94. The summed E-state index contributed by atoms with van der Waals surface area (Å²) in [5, 5.41) is 0. The maximum atomic E-state index is 12.6. The number of anilines is 2. The molecule has 0 heterocycles. The summed E-state index contributed by atoms with van der Waals surface area (Å²) in [7, 11) is 0. The van der Waals surface area contributed by atoms with Crippen molar-refractivity contribution in [3.8, 4) is 22.6 Å². The molecule has 0 saturated carbocycles. The van der Waals surface area contributed by atoms with Gasteiger partial charge >= 0.3 is 0 Å². The lowest BCUT2D eigenvalue weighted by atomic mass is 10.00. The number of nitrogens with two attached hydrogens (primary N) is 2. The molecule has 0 aromatic heterocycles. The lowest BCUT2D eigenvalue weighted by Gasteiger charge is -2.08. The molecule has 0 aliphatic carbocycles. The van der Waals surface area contributed by atoms with Crippen molar-refractivity contribution in [3.05, 3.63) is 114 Å². The van der Waals surface area contributed by atoms with Gasteiger partial charge in [-0.3, -0.25) is 4.79 Å². The van der Waals surface area contributed by atoms with Crippen molar-refractivity contribution in [1.82, 2.24) is 0 Å². The van der Waals surface area contributed by atoms with E-state index in [1.54, 1.807) is 48.5 Å². The van der Waals surface area contributed by atoms with Gasteiger partial charge in [-0.25, -0.2) is 0 Å². The van der Waals surface area contributed by atoms with E-state index in [0.29, 0.717) is 28.4 Å². The molecule has 4 nitrogen and oxygen atoms in total. The first-order chi connectivity index (χ1) is 17.5. The Balaban J connectivity index is 1.34. The summed E-state index contributed by atoms with van der Waals surface area (Å²) in [4.78, 5) is 12.6. The van der Waals surface area contributed by atoms with Gasteiger partial charge in [-0.1, -0.05) is 74.4 Å². The number of hydrogen-bond acceptors (Lipinski definition) is 4. The van der Waals surface area contributed by atoms with Crippen LogP contribution in [0.1, 0.15) is 47.7 Å². The van der Waals surface area contributed by atoms with Crippen LogP contribution in [0.5, 0.6) is 11.5 Å². The van der Waals surface area contributed by atoms with Crippen molar-refractivity contribution in [2.45, 2.75) is 32.6 Å². The minimum atomic E-state index is -0.0718. The fraction of sp³-hybridized carbons (Fsp3) is 0.156. The number of unbranched alkanes of at least 4 members (excludes halogenated alkanes) is 2. The van der Waals surface area contributed by atoms with Crippen LogP contribution in [0.2, 0.25) is 0 Å². The van der Waals surface area contributed by atoms with E-state index in [1.165, 1.54) is 30.4 Å². The van der Waals surface area contributed by atoms with Crippen LogP contribution in [-0.2, 0) is 6.42 Å². The summed E-state index contributed by atoms with van der Waals surface area (Å²) in [6, 6.07) is 29.1. The molecule has 0 unspecified atom stereocenters. The van der Waals surface area contributed by atoms with Crippen LogP contribution in [0, 0.1) is 0 Å². The third-order valence-corrected chi connectivity index (χ3v) is 6.02. The minimum absolute atomic E-state index is 0.0718. The average molecular weight is 477 g/mol. The number of rotatable bonds is 10. The second kappa shape index (κ2) is 11.9. The number of ether oxygens (including phenoxy) is 1. The summed E-state index contributed by atoms with van der Waals surface area (Å²) < 4.78 is 5.79. The topological polar surface area (TPSA) is 78.3 Å². The van der Waals surface area contributed by atoms with E-state index in [1.807, 2.05) is 18.2 Å². The first-order valence-electron chi connectivity index (χ1n) is 12.4. The van der Waals surface area contributed by atoms with Gasteiger partial charge in [-0.05, 0) is 71.5 Å². The summed E-state index contributed by atoms with van der Waals surface area (Å²) >= 11 is 0. The van der Waals surface area contributed by atoms with Crippen molar-refractivity contribution >= 4 is 23.2 Å². The Bertz CT molecular complexity index is 1300. The standard InChI is InChI=1S/C32H32N2O2/c1-2-3-4-5-23-6-11-25(12-7-23)26-13-8-24(9-14-26)10-19-32(35)27-15-17-30(18-16-27)36-31-21-28(33)20-29(34)22-31/h6-22H,2-5,33-34H2,1H3. The molecule has 4 aromatic carbocycles. The van der Waals surface area contributed by atoms with Gasteiger partial charge in [0, 0.05) is 29.1 Å². The molecule has 0 saturated heterocycles. The van der Waals surface area contributed by atoms with E-state index in [9.17, 15) is 4.79 Å². The quantitative estimate of drug-likeness (QED) is 0.105. The Morgan fingerprint density at radius 2 is 1.36 bits per heavy atom. The molecule has 0 radical (unpaired) electrons. The molecule has 0 spiro atoms. The highest BCUT2D eigenvalue weighted by Crippen LogP contribution is 2.26. The third-order valence-electron chi connectivity index (χ3n) is 6.02. The number of ketones is 1. The first-order valence-corrected chi connectivity index (χ1v) is 12.4. The third kappa shape index (κ3) is 6.86. The van der Waals surface area contributed by atoms with Gasteiger partial charge in [0.1, 0.15) is 11.5 Å². The van der Waals surface area contributed by atoms with Crippen LogP contribution >= 0.6 is 0 Å². The predicted molar refractivity (Wildman–Crippen MR) is 150 cm³/mol. The zero-order valence-corrected chi connectivity index (χ0v) is 20.6. The van der Waals surface area contributed by atoms with Crippen molar-refractivity contribution in [2.75, 3.05) is 11.5 Å². The summed E-state index contributed by atoms with van der Waals surface area (Å²) in [5.41, 5.74) is 18.0. The molecule has 0 amide bonds. The van der Waals surface area contributed by atoms with E-state index in [0.717, 1.165) is 17.5 Å². The van der Waals surface area contributed by atoms with Crippen LogP contribution in [0.4, 0.5) is 11.4 Å². The average Bonchev–Trinajstić information content (AvgIpc) is 2.88. The molecule has 36 heavy (non-hydrogen) atoms. The normalized spacial score (nSPS) is 11.0. The number of nitrogen functional groups attached to an aromatic ring is 2. The van der Waals surface area contributed by atoms with Crippen molar-refractivity contribution in [3.63, 3.8) is 0 Å². The molecule has 0 bridgehead atoms. The number of aryl methyl sites for hydroxylation is 1. The van der Waals surface area contributed by atoms with Gasteiger partial charge in [0.15, 0.2) is 5.78 Å². The highest BCUT2D eigenvalue weighted by atomic mass is 16.5. The molecule has 0 aliphatic rings. The van der Waals surface area contributed by atoms with Gasteiger partial charge in [0.05, 0.1) is 0 Å². The maximum Gasteiger partial charge on any atom is 0.185 e. The fourth-order valence-corrected chi connectivity index (χ4v) is 4.03. The molecule has 182 valence electrons. The van der Waals surface area contributed by atoms with Gasteiger partial charge in [-0.2, -0.15) is 0 Å². The molecule has 0 atom stereocenters. The second-order valence-electron chi connectivity index (χ2n) is 8.94. The van der Waals surface area contributed by atoms with Crippen LogP contribution in [0.25, 0.3) is 17.2 Å². The van der Waals surface area contributed by atoms with E-state index < -0.39 is 0 Å². The molecular weight excluding hydrogens is 444 g/mol. The molecule has 4 heteroatoms. The smallest absolute Gasteiger partial charge is 0.185 e. The van der Waals surface area contributed by atoms with E-state index in [2.05, 4.69) is 43.3 Å². The number of carbonyl (C=O) groups is 1. The van der Waals surface area contributed by atoms with Gasteiger partial charge in [0.25, 0.3) is 0 Å². The number of benzene rings is 4. The summed E-state index contributed by atoms with van der Waals surface area (Å²) in [5.74, 6) is 1.08. The Morgan fingerprint density at radius 1 is 0.750 bits per heavy atom. The Kier molecular flexibility index (Phi) is 8.20. The lowest BCUT2D eigenvalue weighted by molar-refractivity contribution is 0.104. The SMILES string of the molecule is CCCCCc1ccc(-c2ccc(C=CC(=O)c3ccc(Oc4cc(N)cc(N)c4)cc3)cc2)cc1. The molecule has 0 aliphatic heterocycles. The summed E-state index contributed by atoms with van der Waals surface area (Å²) in [6.07, 6.45) is 8.33. The Labute approximate surface area is 213 Å². The van der Waals surface area contributed by atoms with Crippen molar-refractivity contribution in [1.29, 1.82) is 0 Å². The molecule has 4 rings (SSSR count). The molecule has 4 aromatic rings. The zero-order valence-electron chi connectivity index (χ0n) is 20.6. The number of carbonyl (C=O) groups excluding carboxylic acids is 1. The van der Waals surface area contributed by atoms with Crippen LogP contribution in [0.3, 0.4) is 0 Å². The van der Waals surface area contributed by atoms with Gasteiger partial charge in [-0.15, -0.1) is 0 Å². The number of hydrogen-bond donors (Lipinski definition) is 2. The van der Waals surface area contributed by atoms with Crippen LogP contribution in [0.15, 0.2) is 97.1 Å². The molecule has 4 N–H and O–H groups in total. The van der Waals surface area contributed by atoms with Crippen LogP contribution < -0.4 is 16.2 Å². The summed E-state index contributed by atoms with van der Waals surface area (Å²) in [6.45, 7) is 2.23. The Hall–Kier alpha value is -4.31. The zero-order chi connectivity index (χ0) is 25.3. The first kappa shape index (κ1) is 24.8. The van der Waals surface area contributed by atoms with Crippen molar-refractivity contribution < 1.29 is 9.53 Å². The van der Waals surface area contributed by atoms with Crippen LogP contribution in [-0.4, -0.2) is 5.78 Å². The monoisotopic (exact) mass is 476 g/mol. The lowest BCUT2D eigenvalue weighted by Crippen LogP contribution is -1.95. The fourth-order valence-electron chi connectivity index (χ4n) is 4.03. The highest BCUT2D eigenvalue weighted by Gasteiger charge is 2.05. The Morgan fingerprint density at radius 3 is 1.97 bits per heavy atom. The van der Waals surface area contributed by atoms with Gasteiger partial charge in [0.2, 0.25) is 0 Å². The minimum Gasteiger partial charge on any atom is -0.457 e. The highest BCUT2D eigenvalue weighted by molar-refractivity contribution is 6.06. The van der Waals surface area contributed by atoms with Gasteiger partial charge < -0.3 is 16.2 Å². The molecule has 0 fully saturated rings. The maximum absolute atomic E-state index is 12.6. The van der Waals surface area contributed by atoms with Crippen molar-refractivity contribution in [2.24, 2.45) is 0 Å². The predicted octanol–water partition coefficient (Wildman–Crippen LogP) is 7.94. The number of allylic oxidation sites excluding steroid dienone is 1. The van der Waals surface area contributed by atoms with E-state index >= 15 is 0 Å². The largest absolute Gasteiger partial charge is 0.457 e. The van der Waals surface area contributed by atoms with E-state index in [4.69, 9.17) is 16.2 Å². The van der Waals surface area contributed by atoms with E-state index in [-0.39, 0.29) is 5.78 Å². The molecular formula is C32H32N2O2.